The minimum atomic E-state index is -3.59. The van der Waals surface area contributed by atoms with Crippen molar-refractivity contribution in [3.05, 3.63) is 59.5 Å². The lowest BCUT2D eigenvalue weighted by Crippen LogP contribution is -2.42. The third kappa shape index (κ3) is 4.00. The number of carbonyl (C=O) groups excluding carboxylic acids is 1. The van der Waals surface area contributed by atoms with E-state index in [1.807, 2.05) is 24.3 Å². The van der Waals surface area contributed by atoms with Gasteiger partial charge < -0.3 is 4.90 Å². The molecule has 3 rings (SSSR count). The molecule has 2 aromatic rings. The van der Waals surface area contributed by atoms with E-state index in [9.17, 15) is 13.2 Å². The first-order chi connectivity index (χ1) is 12.0. The zero-order chi connectivity index (χ0) is 17.9. The number of nitrogens with zero attached hydrogens (tertiary/aromatic N) is 2. The summed E-state index contributed by atoms with van der Waals surface area (Å²) in [5, 5.41) is 1.71. The van der Waals surface area contributed by atoms with Crippen LogP contribution < -0.4 is 0 Å². The quantitative estimate of drug-likeness (QED) is 0.806. The van der Waals surface area contributed by atoms with Crippen LogP contribution in [0.2, 0.25) is 0 Å². The molecule has 5 nitrogen and oxygen atoms in total. The maximum absolute atomic E-state index is 12.5. The number of amides is 1. The van der Waals surface area contributed by atoms with Gasteiger partial charge in [0.1, 0.15) is 4.21 Å². The molecule has 1 aromatic heterocycles. The van der Waals surface area contributed by atoms with E-state index in [0.717, 1.165) is 22.1 Å². The van der Waals surface area contributed by atoms with E-state index < -0.39 is 10.0 Å². The van der Waals surface area contributed by atoms with Crippen molar-refractivity contribution >= 4 is 32.8 Å². The lowest BCUT2D eigenvalue weighted by molar-refractivity contribution is -0.130. The van der Waals surface area contributed by atoms with Gasteiger partial charge in [-0.2, -0.15) is 4.31 Å². The number of benzene rings is 1. The zero-order valence-corrected chi connectivity index (χ0v) is 15.6. The topological polar surface area (TPSA) is 57.7 Å². The molecule has 0 saturated carbocycles. The molecule has 0 fully saturated rings. The molecule has 1 aliphatic rings. The Bertz CT molecular complexity index is 859. The van der Waals surface area contributed by atoms with Crippen LogP contribution in [0.25, 0.3) is 5.57 Å². The van der Waals surface area contributed by atoms with Crippen molar-refractivity contribution in [3.8, 4) is 0 Å². The van der Waals surface area contributed by atoms with Crippen LogP contribution >= 0.6 is 11.3 Å². The Morgan fingerprint density at radius 2 is 1.96 bits per heavy atom. The maximum Gasteiger partial charge on any atom is 0.252 e. The first kappa shape index (κ1) is 17.8. The monoisotopic (exact) mass is 376 g/mol. The van der Waals surface area contributed by atoms with Crippen molar-refractivity contribution < 1.29 is 13.2 Å². The second kappa shape index (κ2) is 7.51. The van der Waals surface area contributed by atoms with Gasteiger partial charge in [0.15, 0.2) is 0 Å². The molecular weight excluding hydrogens is 356 g/mol. The molecule has 0 saturated heterocycles. The van der Waals surface area contributed by atoms with E-state index in [1.54, 1.807) is 22.4 Å². The Balaban J connectivity index is 1.62. The zero-order valence-electron chi connectivity index (χ0n) is 14.0. The Morgan fingerprint density at radius 3 is 2.56 bits per heavy atom. The highest BCUT2D eigenvalue weighted by atomic mass is 32.2. The van der Waals surface area contributed by atoms with Gasteiger partial charge >= 0.3 is 0 Å². The summed E-state index contributed by atoms with van der Waals surface area (Å²) in [4.78, 5) is 14.2. The number of rotatable bonds is 5. The van der Waals surface area contributed by atoms with E-state index in [2.05, 4.69) is 12.1 Å². The van der Waals surface area contributed by atoms with Crippen molar-refractivity contribution in [1.29, 1.82) is 0 Å². The van der Waals surface area contributed by atoms with Gasteiger partial charge in [0.25, 0.3) is 10.0 Å². The molecule has 1 amide bonds. The first-order valence-corrected chi connectivity index (χ1v) is 10.3. The van der Waals surface area contributed by atoms with Gasteiger partial charge in [-0.05, 0) is 29.0 Å². The molecule has 2 heterocycles. The van der Waals surface area contributed by atoms with Crippen molar-refractivity contribution in [2.75, 3.05) is 26.7 Å². The smallest absolute Gasteiger partial charge is 0.252 e. The molecular formula is C18H20N2O3S2. The van der Waals surface area contributed by atoms with Crippen LogP contribution in [0.4, 0.5) is 0 Å². The van der Waals surface area contributed by atoms with Crippen LogP contribution in [0.5, 0.6) is 0 Å². The summed E-state index contributed by atoms with van der Waals surface area (Å²) in [6.45, 7) is 0.969. The summed E-state index contributed by atoms with van der Waals surface area (Å²) < 4.78 is 26.2. The van der Waals surface area contributed by atoms with E-state index in [0.29, 0.717) is 13.1 Å². The Kier molecular flexibility index (Phi) is 5.36. The van der Waals surface area contributed by atoms with E-state index in [1.165, 1.54) is 18.2 Å². The summed E-state index contributed by atoms with van der Waals surface area (Å²) in [5.41, 5.74) is 2.40. The minimum absolute atomic E-state index is 0.144. The molecule has 1 aromatic carbocycles. The van der Waals surface area contributed by atoms with Gasteiger partial charge in [0.05, 0.1) is 6.54 Å². The fourth-order valence-electron chi connectivity index (χ4n) is 2.75. The molecule has 0 spiro atoms. The predicted octanol–water partition coefficient (Wildman–Crippen LogP) is 2.68. The summed E-state index contributed by atoms with van der Waals surface area (Å²) in [6, 6.07) is 13.3. The molecule has 0 aliphatic carbocycles. The normalized spacial score (nSPS) is 15.3. The highest BCUT2D eigenvalue weighted by Crippen LogP contribution is 2.23. The number of thiophene rings is 1. The number of carbonyl (C=O) groups is 1. The third-order valence-corrected chi connectivity index (χ3v) is 7.40. The number of hydrogen-bond donors (Lipinski definition) is 0. The molecule has 0 radical (unpaired) electrons. The summed E-state index contributed by atoms with van der Waals surface area (Å²) in [5.74, 6) is -0.175. The summed E-state index contributed by atoms with van der Waals surface area (Å²) in [7, 11) is -2.15. The van der Waals surface area contributed by atoms with Gasteiger partial charge in [0, 0.05) is 20.1 Å². The third-order valence-electron chi connectivity index (χ3n) is 4.22. The molecule has 0 unspecified atom stereocenters. The first-order valence-electron chi connectivity index (χ1n) is 8.00. The molecule has 1 aliphatic heterocycles. The van der Waals surface area contributed by atoms with Crippen LogP contribution in [0.1, 0.15) is 12.0 Å². The van der Waals surface area contributed by atoms with E-state index >= 15 is 0 Å². The second-order valence-electron chi connectivity index (χ2n) is 5.88. The summed E-state index contributed by atoms with van der Waals surface area (Å²) >= 11 is 1.15. The number of likely N-dealkylation sites (N-methyl/N-ethyl adjacent to an activating group) is 1. The standard InChI is InChI=1S/C18H20N2O3S2/c1-19(25(22,23)18-8-5-13-24-18)14-17(21)20-11-9-16(10-12-20)15-6-3-2-4-7-15/h2-9,13H,10-12,14H2,1H3. The highest BCUT2D eigenvalue weighted by Gasteiger charge is 2.26. The average Bonchev–Trinajstić information content (AvgIpc) is 3.18. The Morgan fingerprint density at radius 1 is 1.20 bits per heavy atom. The van der Waals surface area contributed by atoms with Crippen molar-refractivity contribution in [3.63, 3.8) is 0 Å². The molecule has 0 N–H and O–H groups in total. The maximum atomic E-state index is 12.5. The molecule has 25 heavy (non-hydrogen) atoms. The molecule has 0 bridgehead atoms. The van der Waals surface area contributed by atoms with Crippen molar-refractivity contribution in [1.82, 2.24) is 9.21 Å². The van der Waals surface area contributed by atoms with E-state index in [4.69, 9.17) is 0 Å². The second-order valence-corrected chi connectivity index (χ2v) is 9.10. The highest BCUT2D eigenvalue weighted by molar-refractivity contribution is 7.91. The fourth-order valence-corrected chi connectivity index (χ4v) is 5.07. The lowest BCUT2D eigenvalue weighted by atomic mass is 9.99. The Labute approximate surface area is 152 Å². The van der Waals surface area contributed by atoms with Crippen LogP contribution in [0.3, 0.4) is 0 Å². The van der Waals surface area contributed by atoms with Gasteiger partial charge in [0.2, 0.25) is 5.91 Å². The minimum Gasteiger partial charge on any atom is -0.337 e. The van der Waals surface area contributed by atoms with Crippen LogP contribution in [-0.4, -0.2) is 50.2 Å². The van der Waals surface area contributed by atoms with Gasteiger partial charge in [-0.1, -0.05) is 42.5 Å². The van der Waals surface area contributed by atoms with Gasteiger partial charge in [-0.3, -0.25) is 4.79 Å². The molecule has 7 heteroatoms. The van der Waals surface area contributed by atoms with Crippen LogP contribution in [-0.2, 0) is 14.8 Å². The van der Waals surface area contributed by atoms with Crippen LogP contribution in [0.15, 0.2) is 58.1 Å². The fraction of sp³-hybridized carbons (Fsp3) is 0.278. The number of hydrogen-bond acceptors (Lipinski definition) is 4. The predicted molar refractivity (Wildman–Crippen MR) is 99.8 cm³/mol. The van der Waals surface area contributed by atoms with Crippen molar-refractivity contribution in [2.45, 2.75) is 10.6 Å². The van der Waals surface area contributed by atoms with Gasteiger partial charge in [-0.15, -0.1) is 11.3 Å². The van der Waals surface area contributed by atoms with Crippen LogP contribution in [0, 0.1) is 0 Å². The summed E-state index contributed by atoms with van der Waals surface area (Å²) in [6.07, 6.45) is 2.82. The SMILES string of the molecule is CN(CC(=O)N1CC=C(c2ccccc2)CC1)S(=O)(=O)c1cccs1. The number of sulfonamides is 1. The molecule has 0 atom stereocenters. The molecule has 132 valence electrons. The average molecular weight is 377 g/mol. The lowest BCUT2D eigenvalue weighted by Gasteiger charge is -2.28. The largest absolute Gasteiger partial charge is 0.337 e. The van der Waals surface area contributed by atoms with Crippen molar-refractivity contribution in [2.24, 2.45) is 0 Å². The Hall–Kier alpha value is -1.96. The van der Waals surface area contributed by atoms with E-state index in [-0.39, 0.29) is 16.7 Å². The van der Waals surface area contributed by atoms with Gasteiger partial charge in [-0.25, -0.2) is 8.42 Å².